The van der Waals surface area contributed by atoms with Gasteiger partial charge in [-0.05, 0) is 76.1 Å². The van der Waals surface area contributed by atoms with Gasteiger partial charge in [0.15, 0.2) is 5.75 Å². The lowest BCUT2D eigenvalue weighted by atomic mass is 10.2. The molecule has 0 bridgehead atoms. The molecule has 6 nitrogen and oxygen atoms in total. The van der Waals surface area contributed by atoms with E-state index in [0.717, 1.165) is 22.2 Å². The maximum atomic E-state index is 12.6. The van der Waals surface area contributed by atoms with Crippen molar-refractivity contribution in [2.75, 3.05) is 7.11 Å². The Labute approximate surface area is 211 Å². The van der Waals surface area contributed by atoms with Gasteiger partial charge in [0.05, 0.1) is 31.6 Å². The molecule has 1 fully saturated rings. The Morgan fingerprint density at radius 2 is 1.88 bits per heavy atom. The highest BCUT2D eigenvalue weighted by Gasteiger charge is 2.41. The maximum Gasteiger partial charge on any atom is 0.328 e. The summed E-state index contributed by atoms with van der Waals surface area (Å²) in [4.78, 5) is 37.7. The highest BCUT2D eigenvalue weighted by molar-refractivity contribution is 9.10. The molecule has 0 unspecified atom stereocenters. The van der Waals surface area contributed by atoms with Crippen molar-refractivity contribution >= 4 is 85.7 Å². The van der Waals surface area contributed by atoms with E-state index in [1.807, 2.05) is 0 Å². The number of ether oxygens (including phenoxy) is 2. The molecule has 168 valence electrons. The van der Waals surface area contributed by atoms with Crippen molar-refractivity contribution in [1.82, 2.24) is 4.90 Å². The van der Waals surface area contributed by atoms with Gasteiger partial charge in [-0.2, -0.15) is 0 Å². The van der Waals surface area contributed by atoms with Gasteiger partial charge in [0.2, 0.25) is 0 Å². The van der Waals surface area contributed by atoms with E-state index < -0.39 is 23.2 Å². The van der Waals surface area contributed by atoms with Gasteiger partial charge in [-0.1, -0.05) is 40.9 Å². The molecule has 0 aromatic heterocycles. The number of benzene rings is 2. The molecule has 1 aliphatic rings. The zero-order valence-electron chi connectivity index (χ0n) is 16.7. The zero-order chi connectivity index (χ0) is 23.6. The number of halogens is 4. The molecule has 0 N–H and O–H groups in total. The topological polar surface area (TPSA) is 72.9 Å². The van der Waals surface area contributed by atoms with Gasteiger partial charge in [-0.3, -0.25) is 14.5 Å². The van der Waals surface area contributed by atoms with Crippen molar-refractivity contribution in [3.05, 3.63) is 65.9 Å². The third kappa shape index (κ3) is 5.43. The van der Waals surface area contributed by atoms with E-state index in [1.54, 1.807) is 30.3 Å². The lowest BCUT2D eigenvalue weighted by molar-refractivity contribution is -0.148. The van der Waals surface area contributed by atoms with Gasteiger partial charge in [0.25, 0.3) is 11.1 Å². The second-order valence-corrected chi connectivity index (χ2v) is 9.67. The summed E-state index contributed by atoms with van der Waals surface area (Å²) in [5.74, 6) is -0.852. The molecule has 1 atom stereocenters. The van der Waals surface area contributed by atoms with E-state index in [9.17, 15) is 14.4 Å². The molecule has 3 rings (SSSR count). The van der Waals surface area contributed by atoms with Crippen LogP contribution in [0.25, 0.3) is 6.08 Å². The molecule has 2 aromatic carbocycles. The fourth-order valence-electron chi connectivity index (χ4n) is 2.83. The molecular formula is C21H15BrCl3NO5S. The molecule has 1 saturated heterocycles. The Morgan fingerprint density at radius 3 is 2.50 bits per heavy atom. The van der Waals surface area contributed by atoms with Gasteiger partial charge in [-0.25, -0.2) is 4.79 Å². The smallest absolute Gasteiger partial charge is 0.328 e. The number of esters is 1. The van der Waals surface area contributed by atoms with Crippen molar-refractivity contribution in [3.8, 4) is 5.75 Å². The minimum absolute atomic E-state index is 0.165. The summed E-state index contributed by atoms with van der Waals surface area (Å²) in [5, 5.41) is 0.617. The molecule has 0 saturated carbocycles. The number of methoxy groups -OCH3 is 1. The Morgan fingerprint density at radius 1 is 1.16 bits per heavy atom. The molecule has 32 heavy (non-hydrogen) atoms. The van der Waals surface area contributed by atoms with Crippen LogP contribution >= 0.6 is 62.5 Å². The van der Waals surface area contributed by atoms with E-state index in [-0.39, 0.29) is 11.5 Å². The van der Waals surface area contributed by atoms with E-state index >= 15 is 0 Å². The van der Waals surface area contributed by atoms with E-state index in [1.165, 1.54) is 20.1 Å². The van der Waals surface area contributed by atoms with Gasteiger partial charge in [-0.15, -0.1) is 0 Å². The molecule has 11 heteroatoms. The van der Waals surface area contributed by atoms with Gasteiger partial charge in [0, 0.05) is 0 Å². The van der Waals surface area contributed by atoms with Crippen molar-refractivity contribution in [3.63, 3.8) is 0 Å². The average molecular weight is 580 g/mol. The number of hydrogen-bond acceptors (Lipinski definition) is 6. The maximum absolute atomic E-state index is 12.6. The summed E-state index contributed by atoms with van der Waals surface area (Å²) < 4.78 is 11.0. The molecular weight excluding hydrogens is 565 g/mol. The lowest BCUT2D eigenvalue weighted by Crippen LogP contribution is -2.42. The van der Waals surface area contributed by atoms with Crippen LogP contribution in [0.5, 0.6) is 5.75 Å². The number of amides is 2. The SMILES string of the molecule is COC(=O)[C@H](C)N1C(=O)S/C(=C/c2cc(Cl)c(OCc3ccc(Cl)c(Cl)c3)c(Br)c2)C1=O. The highest BCUT2D eigenvalue weighted by atomic mass is 79.9. The fourth-order valence-corrected chi connectivity index (χ4v) is 5.04. The molecule has 2 amide bonds. The largest absolute Gasteiger partial charge is 0.486 e. The van der Waals surface area contributed by atoms with Crippen LogP contribution in [-0.2, 0) is 20.9 Å². The lowest BCUT2D eigenvalue weighted by Gasteiger charge is -2.18. The molecule has 0 aliphatic carbocycles. The molecule has 0 radical (unpaired) electrons. The van der Waals surface area contributed by atoms with Crippen LogP contribution in [0.1, 0.15) is 18.1 Å². The zero-order valence-corrected chi connectivity index (χ0v) is 21.3. The Balaban J connectivity index is 1.79. The first-order valence-corrected chi connectivity index (χ1v) is 11.8. The molecule has 0 spiro atoms. The van der Waals surface area contributed by atoms with Crippen molar-refractivity contribution < 1.29 is 23.9 Å². The first-order chi connectivity index (χ1) is 15.1. The normalized spacial score (nSPS) is 15.9. The Hall–Kier alpha value is -1.71. The number of rotatable bonds is 6. The predicted molar refractivity (Wildman–Crippen MR) is 129 cm³/mol. The third-order valence-electron chi connectivity index (χ3n) is 4.44. The van der Waals surface area contributed by atoms with Gasteiger partial charge in [0.1, 0.15) is 12.6 Å². The highest BCUT2D eigenvalue weighted by Crippen LogP contribution is 2.38. The summed E-state index contributed by atoms with van der Waals surface area (Å²) in [6.07, 6.45) is 1.52. The first-order valence-electron chi connectivity index (χ1n) is 9.03. The number of hydrogen-bond donors (Lipinski definition) is 0. The number of imide groups is 1. The van der Waals surface area contributed by atoms with Crippen LogP contribution in [0, 0.1) is 0 Å². The van der Waals surface area contributed by atoms with Crippen molar-refractivity contribution in [2.45, 2.75) is 19.6 Å². The number of carbonyl (C=O) groups is 3. The van der Waals surface area contributed by atoms with Crippen LogP contribution in [-0.4, -0.2) is 35.2 Å². The van der Waals surface area contributed by atoms with Crippen LogP contribution < -0.4 is 4.74 Å². The van der Waals surface area contributed by atoms with Crippen LogP contribution in [0.2, 0.25) is 15.1 Å². The van der Waals surface area contributed by atoms with Crippen LogP contribution in [0.4, 0.5) is 4.79 Å². The van der Waals surface area contributed by atoms with E-state index in [2.05, 4.69) is 20.7 Å². The van der Waals surface area contributed by atoms with Crippen molar-refractivity contribution in [2.24, 2.45) is 0 Å². The molecule has 1 heterocycles. The second kappa shape index (κ2) is 10.5. The minimum atomic E-state index is -1.02. The Kier molecular flexibility index (Phi) is 8.16. The predicted octanol–water partition coefficient (Wildman–Crippen LogP) is 6.59. The molecule has 1 aliphatic heterocycles. The first kappa shape index (κ1) is 24.9. The van der Waals surface area contributed by atoms with Crippen molar-refractivity contribution in [1.29, 1.82) is 0 Å². The molecule has 2 aromatic rings. The summed E-state index contributed by atoms with van der Waals surface area (Å²) in [6, 6.07) is 7.45. The van der Waals surface area contributed by atoms with E-state index in [4.69, 9.17) is 39.5 Å². The summed E-state index contributed by atoms with van der Waals surface area (Å²) in [6.45, 7) is 1.64. The van der Waals surface area contributed by atoms with Gasteiger partial charge < -0.3 is 9.47 Å². The standard InChI is InChI=1S/C21H15BrCl3NO5S/c1-10(20(28)30-2)26-19(27)17(32-21(26)29)8-12-5-13(22)18(16(25)7-12)31-9-11-3-4-14(23)15(24)6-11/h3-8,10H,9H2,1-2H3/b17-8+/t10-/m0/s1. The average Bonchev–Trinajstić information content (AvgIpc) is 3.01. The quantitative estimate of drug-likeness (QED) is 0.284. The summed E-state index contributed by atoms with van der Waals surface area (Å²) in [7, 11) is 1.19. The monoisotopic (exact) mass is 577 g/mol. The summed E-state index contributed by atoms with van der Waals surface area (Å²) in [5.41, 5.74) is 1.37. The van der Waals surface area contributed by atoms with Gasteiger partial charge >= 0.3 is 5.97 Å². The van der Waals surface area contributed by atoms with Crippen LogP contribution in [0.15, 0.2) is 39.7 Å². The Bertz CT molecular complexity index is 1120. The number of carbonyl (C=O) groups excluding carboxylic acids is 3. The third-order valence-corrected chi connectivity index (χ3v) is 6.93. The van der Waals surface area contributed by atoms with E-state index in [0.29, 0.717) is 30.9 Å². The number of thioether (sulfide) groups is 1. The summed E-state index contributed by atoms with van der Waals surface area (Å²) >= 11 is 22.5. The number of nitrogens with zero attached hydrogens (tertiary/aromatic N) is 1. The minimum Gasteiger partial charge on any atom is -0.486 e. The fraction of sp³-hybridized carbons (Fsp3) is 0.190. The second-order valence-electron chi connectivity index (χ2n) is 6.60. The van der Waals surface area contributed by atoms with Crippen LogP contribution in [0.3, 0.4) is 0 Å².